The molecule has 0 atom stereocenters. The number of nitrogen functional groups attached to an aromatic ring is 2. The average molecular weight is 553 g/mol. The maximum atomic E-state index is 6.13. The number of nitrogens with two attached hydrogens (primary N) is 2. The van der Waals surface area contributed by atoms with Crippen LogP contribution in [-0.2, 0) is 0 Å². The van der Waals surface area contributed by atoms with Crippen molar-refractivity contribution in [2.45, 2.75) is 0 Å². The molecule has 0 unspecified atom stereocenters. The van der Waals surface area contributed by atoms with Crippen molar-refractivity contribution in [1.82, 2.24) is 0 Å². The predicted molar refractivity (Wildman–Crippen MR) is 167 cm³/mol. The SMILES string of the molecule is Nc1ccc(Oc2ccc(Oc3cccc(-c4cccc(Oc5ccc(Oc6ccc(N)cc6)cc5)c4)c3)cc2)cc1. The fourth-order valence-electron chi connectivity index (χ4n) is 4.25. The van der Waals surface area contributed by atoms with E-state index < -0.39 is 0 Å². The van der Waals surface area contributed by atoms with Gasteiger partial charge in [-0.05, 0) is 132 Å². The zero-order valence-corrected chi connectivity index (χ0v) is 22.6. The summed E-state index contributed by atoms with van der Waals surface area (Å²) in [6, 6.07) is 45.4. The first-order chi connectivity index (χ1) is 20.6. The van der Waals surface area contributed by atoms with Crippen LogP contribution in [0, 0.1) is 0 Å². The Kier molecular flexibility index (Phi) is 7.59. The van der Waals surface area contributed by atoms with Crippen molar-refractivity contribution in [3.05, 3.63) is 146 Å². The molecule has 0 saturated carbocycles. The first kappa shape index (κ1) is 26.3. The molecule has 6 aromatic carbocycles. The molecule has 0 aliphatic rings. The average Bonchev–Trinajstić information content (AvgIpc) is 3.02. The summed E-state index contributed by atoms with van der Waals surface area (Å²) in [5.41, 5.74) is 14.9. The Bertz CT molecular complexity index is 1630. The molecular weight excluding hydrogens is 524 g/mol. The second-order valence-corrected chi connectivity index (χ2v) is 9.54. The van der Waals surface area contributed by atoms with Gasteiger partial charge in [-0.2, -0.15) is 0 Å². The summed E-state index contributed by atoms with van der Waals surface area (Å²) in [4.78, 5) is 0. The summed E-state index contributed by atoms with van der Waals surface area (Å²) < 4.78 is 24.0. The van der Waals surface area contributed by atoms with E-state index >= 15 is 0 Å². The van der Waals surface area contributed by atoms with Crippen molar-refractivity contribution in [3.63, 3.8) is 0 Å². The minimum Gasteiger partial charge on any atom is -0.457 e. The maximum Gasteiger partial charge on any atom is 0.128 e. The van der Waals surface area contributed by atoms with Crippen LogP contribution < -0.4 is 30.4 Å². The maximum absolute atomic E-state index is 6.13. The summed E-state index contributed by atoms with van der Waals surface area (Å²) in [6.45, 7) is 0. The summed E-state index contributed by atoms with van der Waals surface area (Å²) >= 11 is 0. The van der Waals surface area contributed by atoms with Gasteiger partial charge in [0.25, 0.3) is 0 Å². The molecule has 0 radical (unpaired) electrons. The first-order valence-electron chi connectivity index (χ1n) is 13.4. The monoisotopic (exact) mass is 552 g/mol. The molecule has 4 N–H and O–H groups in total. The van der Waals surface area contributed by atoms with Gasteiger partial charge in [-0.1, -0.05) is 24.3 Å². The van der Waals surface area contributed by atoms with Crippen molar-refractivity contribution >= 4 is 11.4 Å². The number of ether oxygens (including phenoxy) is 4. The Morgan fingerprint density at radius 1 is 0.286 bits per heavy atom. The number of benzene rings is 6. The summed E-state index contributed by atoms with van der Waals surface area (Å²) in [5, 5.41) is 0. The van der Waals surface area contributed by atoms with E-state index in [0.717, 1.165) is 34.1 Å². The molecule has 0 spiro atoms. The standard InChI is InChI=1S/C36H28N2O4/c37-27-7-11-29(12-8-27)39-31-15-19-33(20-16-31)41-35-5-1-3-25(23-35)26-4-2-6-36(24-26)42-34-21-17-32(18-22-34)40-30-13-9-28(38)10-14-30/h1-24H,37-38H2. The molecule has 42 heavy (non-hydrogen) atoms. The number of hydrogen-bond acceptors (Lipinski definition) is 6. The summed E-state index contributed by atoms with van der Waals surface area (Å²) in [6.07, 6.45) is 0. The highest BCUT2D eigenvalue weighted by molar-refractivity contribution is 5.67. The number of anilines is 2. The Hall–Kier alpha value is -5.88. The molecule has 0 saturated heterocycles. The van der Waals surface area contributed by atoms with Gasteiger partial charge in [0.2, 0.25) is 0 Å². The third-order valence-electron chi connectivity index (χ3n) is 6.35. The number of hydrogen-bond donors (Lipinski definition) is 2. The topological polar surface area (TPSA) is 89.0 Å². The van der Waals surface area contributed by atoms with Crippen LogP contribution in [0.15, 0.2) is 146 Å². The normalized spacial score (nSPS) is 10.6. The molecule has 6 heteroatoms. The quantitative estimate of drug-likeness (QED) is 0.174. The van der Waals surface area contributed by atoms with Gasteiger partial charge in [0, 0.05) is 11.4 Å². The molecule has 0 bridgehead atoms. The lowest BCUT2D eigenvalue weighted by atomic mass is 10.1. The zero-order valence-electron chi connectivity index (χ0n) is 22.6. The van der Waals surface area contributed by atoms with Gasteiger partial charge >= 0.3 is 0 Å². The largest absolute Gasteiger partial charge is 0.457 e. The molecule has 6 rings (SSSR count). The van der Waals surface area contributed by atoms with E-state index in [-0.39, 0.29) is 0 Å². The minimum absolute atomic E-state index is 0.694. The van der Waals surface area contributed by atoms with E-state index in [2.05, 4.69) is 0 Å². The Morgan fingerprint density at radius 2 is 0.548 bits per heavy atom. The van der Waals surface area contributed by atoms with Crippen LogP contribution >= 0.6 is 0 Å². The summed E-state index contributed by atoms with van der Waals surface area (Å²) in [7, 11) is 0. The fraction of sp³-hybridized carbons (Fsp3) is 0. The third kappa shape index (κ3) is 6.81. The smallest absolute Gasteiger partial charge is 0.128 e. The lowest BCUT2D eigenvalue weighted by Gasteiger charge is -2.11. The zero-order chi connectivity index (χ0) is 28.7. The van der Waals surface area contributed by atoms with Gasteiger partial charge in [0.05, 0.1) is 0 Å². The van der Waals surface area contributed by atoms with E-state index in [9.17, 15) is 0 Å². The van der Waals surface area contributed by atoms with Gasteiger partial charge in [0.15, 0.2) is 0 Å². The Morgan fingerprint density at radius 3 is 0.857 bits per heavy atom. The highest BCUT2D eigenvalue weighted by Crippen LogP contribution is 2.33. The summed E-state index contributed by atoms with van der Waals surface area (Å²) in [5.74, 6) is 5.72. The molecule has 0 aromatic heterocycles. The molecule has 0 aliphatic heterocycles. The predicted octanol–water partition coefficient (Wildman–Crippen LogP) is 9.69. The van der Waals surface area contributed by atoms with E-state index in [0.29, 0.717) is 34.4 Å². The molecule has 6 nitrogen and oxygen atoms in total. The first-order valence-corrected chi connectivity index (χ1v) is 13.4. The molecule has 0 heterocycles. The molecule has 0 aliphatic carbocycles. The third-order valence-corrected chi connectivity index (χ3v) is 6.35. The van der Waals surface area contributed by atoms with Gasteiger partial charge in [-0.3, -0.25) is 0 Å². The molecule has 6 aromatic rings. The van der Waals surface area contributed by atoms with Gasteiger partial charge < -0.3 is 30.4 Å². The van der Waals surface area contributed by atoms with Crippen LogP contribution in [-0.4, -0.2) is 0 Å². The van der Waals surface area contributed by atoms with Crippen LogP contribution in [0.2, 0.25) is 0 Å². The molecule has 0 amide bonds. The van der Waals surface area contributed by atoms with E-state index in [4.69, 9.17) is 30.4 Å². The molecular formula is C36H28N2O4. The van der Waals surface area contributed by atoms with Crippen LogP contribution in [0.5, 0.6) is 46.0 Å². The van der Waals surface area contributed by atoms with Crippen molar-refractivity contribution < 1.29 is 18.9 Å². The van der Waals surface area contributed by atoms with Crippen molar-refractivity contribution in [2.24, 2.45) is 0 Å². The lowest BCUT2D eigenvalue weighted by Crippen LogP contribution is -1.89. The van der Waals surface area contributed by atoms with Crippen molar-refractivity contribution in [1.29, 1.82) is 0 Å². The minimum atomic E-state index is 0.694. The van der Waals surface area contributed by atoms with E-state index in [1.807, 2.05) is 121 Å². The van der Waals surface area contributed by atoms with Crippen LogP contribution in [0.3, 0.4) is 0 Å². The molecule has 206 valence electrons. The van der Waals surface area contributed by atoms with Crippen molar-refractivity contribution in [3.8, 4) is 57.1 Å². The Balaban J connectivity index is 1.09. The highest BCUT2D eigenvalue weighted by Gasteiger charge is 2.06. The van der Waals surface area contributed by atoms with Crippen molar-refractivity contribution in [2.75, 3.05) is 11.5 Å². The van der Waals surface area contributed by atoms with Crippen LogP contribution in [0.4, 0.5) is 11.4 Å². The van der Waals surface area contributed by atoms with Crippen LogP contribution in [0.25, 0.3) is 11.1 Å². The van der Waals surface area contributed by atoms with E-state index in [1.165, 1.54) is 0 Å². The lowest BCUT2D eigenvalue weighted by molar-refractivity contribution is 0.469. The Labute approximate surface area is 244 Å². The van der Waals surface area contributed by atoms with E-state index in [1.54, 1.807) is 24.3 Å². The highest BCUT2D eigenvalue weighted by atomic mass is 16.5. The van der Waals surface area contributed by atoms with Gasteiger partial charge in [0.1, 0.15) is 46.0 Å². The second-order valence-electron chi connectivity index (χ2n) is 9.54. The number of rotatable bonds is 9. The van der Waals surface area contributed by atoms with Crippen LogP contribution in [0.1, 0.15) is 0 Å². The van der Waals surface area contributed by atoms with Gasteiger partial charge in [-0.25, -0.2) is 0 Å². The van der Waals surface area contributed by atoms with Gasteiger partial charge in [-0.15, -0.1) is 0 Å². The fourth-order valence-corrected chi connectivity index (χ4v) is 4.25. The molecule has 0 fully saturated rings. The second kappa shape index (κ2) is 12.1.